The molecule has 3 rings (SSSR count). The van der Waals surface area contributed by atoms with E-state index >= 15 is 0 Å². The average molecular weight is 405 g/mol. The van der Waals surface area contributed by atoms with E-state index in [2.05, 4.69) is 5.32 Å². The summed E-state index contributed by atoms with van der Waals surface area (Å²) in [5.74, 6) is -0.608. The molecule has 5 nitrogen and oxygen atoms in total. The lowest BCUT2D eigenvalue weighted by molar-refractivity contribution is -0.126. The minimum Gasteiger partial charge on any atom is -0.356 e. The van der Waals surface area contributed by atoms with Crippen molar-refractivity contribution >= 4 is 28.6 Å². The van der Waals surface area contributed by atoms with Crippen molar-refractivity contribution in [3.8, 4) is 0 Å². The lowest BCUT2D eigenvalue weighted by Gasteiger charge is -2.38. The first-order valence-electron chi connectivity index (χ1n) is 9.52. The van der Waals surface area contributed by atoms with Crippen LogP contribution in [0.1, 0.15) is 37.8 Å². The number of carbonyl (C=O) groups excluding carboxylic acids is 3. The van der Waals surface area contributed by atoms with Gasteiger partial charge in [-0.1, -0.05) is 30.0 Å². The molecule has 2 atom stereocenters. The molecular weight excluding hydrogens is 379 g/mol. The molecule has 150 valence electrons. The molecule has 1 aliphatic carbocycles. The van der Waals surface area contributed by atoms with Crippen molar-refractivity contribution in [3.63, 3.8) is 0 Å². The Labute approximate surface area is 168 Å². The van der Waals surface area contributed by atoms with Crippen LogP contribution in [0.2, 0.25) is 0 Å². The number of hydrogen-bond donors (Lipinski definition) is 1. The second-order valence-corrected chi connectivity index (χ2v) is 8.67. The Balaban J connectivity index is 1.91. The summed E-state index contributed by atoms with van der Waals surface area (Å²) in [6.45, 7) is 2.43. The molecule has 0 bridgehead atoms. The molecule has 1 saturated carbocycles. The van der Waals surface area contributed by atoms with Crippen LogP contribution in [-0.2, 0) is 14.4 Å². The van der Waals surface area contributed by atoms with Gasteiger partial charge in [0.25, 0.3) is 0 Å². The van der Waals surface area contributed by atoms with Gasteiger partial charge in [-0.2, -0.15) is 0 Å². The zero-order chi connectivity index (χ0) is 20.3. The molecule has 1 aromatic rings. The maximum Gasteiger partial charge on any atom is 0.243 e. The Morgan fingerprint density at radius 3 is 2.57 bits per heavy atom. The Hall–Kier alpha value is -1.99. The number of amides is 1. The van der Waals surface area contributed by atoms with Gasteiger partial charge in [-0.05, 0) is 30.9 Å². The number of likely N-dealkylation sites (N-methyl/N-ethyl adjacent to an activating group) is 1. The summed E-state index contributed by atoms with van der Waals surface area (Å²) in [5.41, 5.74) is 1.17. The molecule has 0 aromatic heterocycles. The normalized spacial score (nSPS) is 22.7. The molecular formula is C21H25FN2O3S. The van der Waals surface area contributed by atoms with Crippen molar-refractivity contribution in [1.82, 2.24) is 10.2 Å². The fourth-order valence-electron chi connectivity index (χ4n) is 3.64. The molecule has 1 saturated heterocycles. The maximum atomic E-state index is 14.5. The van der Waals surface area contributed by atoms with Crippen LogP contribution in [-0.4, -0.2) is 47.1 Å². The molecule has 1 heterocycles. The van der Waals surface area contributed by atoms with Crippen LogP contribution >= 0.6 is 11.8 Å². The maximum absolute atomic E-state index is 14.5. The fraction of sp³-hybridized carbons (Fsp3) is 0.476. The third-order valence-corrected chi connectivity index (χ3v) is 6.32. The summed E-state index contributed by atoms with van der Waals surface area (Å²) < 4.78 is 14.5. The minimum atomic E-state index is -0.662. The van der Waals surface area contributed by atoms with E-state index in [-0.39, 0.29) is 28.0 Å². The minimum absolute atomic E-state index is 0.0130. The number of thioether (sulfide) groups is 1. The number of ketones is 1. The number of rotatable bonds is 6. The number of piperidine rings is 1. The van der Waals surface area contributed by atoms with Gasteiger partial charge in [-0.3, -0.25) is 19.3 Å². The van der Waals surface area contributed by atoms with Crippen LogP contribution in [0.4, 0.5) is 4.39 Å². The molecule has 1 aliphatic heterocycles. The van der Waals surface area contributed by atoms with Crippen LogP contribution in [0.5, 0.6) is 0 Å². The van der Waals surface area contributed by atoms with Crippen molar-refractivity contribution in [2.45, 2.75) is 37.5 Å². The predicted molar refractivity (Wildman–Crippen MR) is 107 cm³/mol. The molecule has 28 heavy (non-hydrogen) atoms. The Morgan fingerprint density at radius 2 is 1.96 bits per heavy atom. The van der Waals surface area contributed by atoms with E-state index < -0.39 is 11.9 Å². The van der Waals surface area contributed by atoms with Gasteiger partial charge in [0.2, 0.25) is 5.91 Å². The number of nitrogens with one attached hydrogen (secondary N) is 1. The van der Waals surface area contributed by atoms with Gasteiger partial charge < -0.3 is 5.32 Å². The number of Topliss-reactive ketones (excluding diaryl/α,β-unsaturated/α-hetero) is 1. The largest absolute Gasteiger partial charge is 0.356 e. The second kappa shape index (κ2) is 9.01. The van der Waals surface area contributed by atoms with Gasteiger partial charge in [0.15, 0.2) is 10.9 Å². The molecule has 1 amide bonds. The summed E-state index contributed by atoms with van der Waals surface area (Å²) in [7, 11) is 1.55. The highest BCUT2D eigenvalue weighted by Crippen LogP contribution is 2.40. The SMILES string of the molecule is CNC(=O)C=C1CN(C(C(=O)C2CC2)c2ccccc2F)CCC1SC(C)=O. The number of likely N-dealkylation sites (tertiary alicyclic amines) is 1. The molecule has 1 aromatic carbocycles. The molecule has 2 aliphatic rings. The van der Waals surface area contributed by atoms with E-state index in [0.29, 0.717) is 25.1 Å². The Kier molecular flexibility index (Phi) is 6.67. The van der Waals surface area contributed by atoms with Gasteiger partial charge in [-0.25, -0.2) is 4.39 Å². The monoisotopic (exact) mass is 404 g/mol. The molecule has 2 unspecified atom stereocenters. The van der Waals surface area contributed by atoms with Crippen molar-refractivity contribution in [1.29, 1.82) is 0 Å². The number of hydrogen-bond acceptors (Lipinski definition) is 5. The van der Waals surface area contributed by atoms with Gasteiger partial charge in [0.05, 0.1) is 6.04 Å². The van der Waals surface area contributed by atoms with E-state index in [9.17, 15) is 18.8 Å². The van der Waals surface area contributed by atoms with E-state index in [0.717, 1.165) is 18.4 Å². The van der Waals surface area contributed by atoms with Crippen LogP contribution < -0.4 is 5.32 Å². The zero-order valence-electron chi connectivity index (χ0n) is 16.1. The predicted octanol–water partition coefficient (Wildman–Crippen LogP) is 2.87. The first kappa shape index (κ1) is 20.7. The van der Waals surface area contributed by atoms with Crippen LogP contribution in [0.3, 0.4) is 0 Å². The van der Waals surface area contributed by atoms with Crippen molar-refractivity contribution < 1.29 is 18.8 Å². The molecule has 7 heteroatoms. The quantitative estimate of drug-likeness (QED) is 0.739. The number of nitrogens with zero attached hydrogens (tertiary/aromatic N) is 1. The Morgan fingerprint density at radius 1 is 1.25 bits per heavy atom. The lowest BCUT2D eigenvalue weighted by atomic mass is 9.93. The summed E-state index contributed by atoms with van der Waals surface area (Å²) in [6.07, 6.45) is 3.82. The number of halogens is 1. The van der Waals surface area contributed by atoms with Crippen molar-refractivity contribution in [2.75, 3.05) is 20.1 Å². The lowest BCUT2D eigenvalue weighted by Crippen LogP contribution is -2.43. The first-order chi connectivity index (χ1) is 13.4. The van der Waals surface area contributed by atoms with Gasteiger partial charge in [0, 0.05) is 49.9 Å². The second-order valence-electron chi connectivity index (χ2n) is 7.29. The number of carbonyl (C=O) groups is 3. The van der Waals surface area contributed by atoms with Crippen molar-refractivity contribution in [2.24, 2.45) is 5.92 Å². The third-order valence-electron chi connectivity index (χ3n) is 5.16. The first-order valence-corrected chi connectivity index (χ1v) is 10.4. The molecule has 0 spiro atoms. The summed E-state index contributed by atoms with van der Waals surface area (Å²) >= 11 is 1.20. The average Bonchev–Trinajstić information content (AvgIpc) is 3.50. The van der Waals surface area contributed by atoms with Gasteiger partial charge in [-0.15, -0.1) is 0 Å². The zero-order valence-corrected chi connectivity index (χ0v) is 16.9. The standard InChI is InChI=1S/C21H25FN2O3S/c1-13(25)28-18-9-10-24(12-15(18)11-19(26)23-2)20(21(27)14-7-8-14)16-5-3-4-6-17(16)22/h3-6,11,14,18,20H,7-10,12H2,1-2H3,(H,23,26). The third kappa shape index (κ3) is 4.89. The highest BCUT2D eigenvalue weighted by molar-refractivity contribution is 8.14. The van der Waals surface area contributed by atoms with Gasteiger partial charge in [0.1, 0.15) is 5.82 Å². The highest BCUT2D eigenvalue weighted by Gasteiger charge is 2.41. The molecule has 2 fully saturated rings. The van der Waals surface area contributed by atoms with Crippen LogP contribution in [0, 0.1) is 11.7 Å². The Bertz CT molecular complexity index is 807. The fourth-order valence-corrected chi connectivity index (χ4v) is 4.55. The van der Waals surface area contributed by atoms with E-state index in [1.54, 1.807) is 25.2 Å². The smallest absolute Gasteiger partial charge is 0.243 e. The van der Waals surface area contributed by atoms with E-state index in [1.165, 1.54) is 30.8 Å². The van der Waals surface area contributed by atoms with E-state index in [1.807, 2.05) is 4.90 Å². The highest BCUT2D eigenvalue weighted by atomic mass is 32.2. The summed E-state index contributed by atoms with van der Waals surface area (Å²) in [6, 6.07) is 5.74. The van der Waals surface area contributed by atoms with Crippen LogP contribution in [0.15, 0.2) is 35.9 Å². The topological polar surface area (TPSA) is 66.5 Å². The summed E-state index contributed by atoms with van der Waals surface area (Å²) in [5, 5.41) is 2.45. The molecule has 0 radical (unpaired) electrons. The van der Waals surface area contributed by atoms with E-state index in [4.69, 9.17) is 0 Å². The van der Waals surface area contributed by atoms with Crippen molar-refractivity contribution in [3.05, 3.63) is 47.3 Å². The van der Waals surface area contributed by atoms with Gasteiger partial charge >= 0.3 is 0 Å². The van der Waals surface area contributed by atoms with Crippen LogP contribution in [0.25, 0.3) is 0 Å². The molecule has 1 N–H and O–H groups in total. The summed E-state index contributed by atoms with van der Waals surface area (Å²) in [4.78, 5) is 38.5. The number of benzene rings is 1.